The number of carbonyl (C=O) groups is 1. The lowest BCUT2D eigenvalue weighted by Gasteiger charge is -2.21. The number of nitrogens with zero attached hydrogens (tertiary/aromatic N) is 3. The zero-order valence-electron chi connectivity index (χ0n) is 16.3. The van der Waals surface area contributed by atoms with Crippen molar-refractivity contribution in [2.75, 3.05) is 5.73 Å². The molecule has 2 atom stereocenters. The van der Waals surface area contributed by atoms with Crippen LogP contribution in [0.5, 0.6) is 0 Å². The van der Waals surface area contributed by atoms with Crippen LogP contribution in [-0.2, 0) is 23.1 Å². The lowest BCUT2D eigenvalue weighted by Crippen LogP contribution is -2.29. The summed E-state index contributed by atoms with van der Waals surface area (Å²) in [7, 11) is 1.83. The molecule has 1 saturated carbocycles. The predicted molar refractivity (Wildman–Crippen MR) is 109 cm³/mol. The third kappa shape index (κ3) is 4.46. The van der Waals surface area contributed by atoms with Crippen LogP contribution in [0.15, 0.2) is 55.0 Å². The minimum absolute atomic E-state index is 0.116. The minimum Gasteiger partial charge on any atom is -0.456 e. The summed E-state index contributed by atoms with van der Waals surface area (Å²) in [5.74, 6) is -0.316. The van der Waals surface area contributed by atoms with Gasteiger partial charge in [-0.2, -0.15) is 5.10 Å². The Labute approximate surface area is 169 Å². The third-order valence-electron chi connectivity index (χ3n) is 5.13. The summed E-state index contributed by atoms with van der Waals surface area (Å²) in [5, 5.41) is 4.15. The molecule has 29 heavy (non-hydrogen) atoms. The van der Waals surface area contributed by atoms with Crippen molar-refractivity contribution in [2.24, 2.45) is 7.05 Å². The molecule has 0 radical (unpaired) electrons. The highest BCUT2D eigenvalue weighted by Gasteiger charge is 2.32. The van der Waals surface area contributed by atoms with Crippen molar-refractivity contribution in [3.05, 3.63) is 66.1 Å². The topological polar surface area (TPSA) is 92.3 Å². The molecule has 2 aromatic heterocycles. The number of nitrogen functional groups attached to an aromatic ring is 1. The number of anilines is 1. The predicted octanol–water partition coefficient (Wildman–Crippen LogP) is 3.36. The van der Waals surface area contributed by atoms with Gasteiger partial charge in [-0.15, -0.1) is 0 Å². The monoisotopic (exact) mass is 392 g/mol. The molecule has 1 aromatic carbocycles. The van der Waals surface area contributed by atoms with Gasteiger partial charge in [0.05, 0.1) is 18.9 Å². The van der Waals surface area contributed by atoms with Gasteiger partial charge in [0.25, 0.3) is 0 Å². The Morgan fingerprint density at radius 3 is 2.72 bits per heavy atom. The number of benzene rings is 1. The molecule has 0 amide bonds. The first-order chi connectivity index (χ1) is 14.1. The van der Waals surface area contributed by atoms with E-state index >= 15 is 0 Å². The maximum atomic E-state index is 12.8. The van der Waals surface area contributed by atoms with Crippen LogP contribution in [0.1, 0.15) is 35.2 Å². The molecule has 0 aliphatic heterocycles. The molecule has 1 aliphatic carbocycles. The molecule has 7 heteroatoms. The Balaban J connectivity index is 1.44. The highest BCUT2D eigenvalue weighted by molar-refractivity contribution is 5.95. The minimum atomic E-state index is -0.471. The van der Waals surface area contributed by atoms with E-state index in [0.29, 0.717) is 6.61 Å². The van der Waals surface area contributed by atoms with E-state index in [1.807, 2.05) is 43.6 Å². The summed E-state index contributed by atoms with van der Waals surface area (Å²) in [4.78, 5) is 17.0. The Bertz CT molecular complexity index is 987. The molecular weight excluding hydrogens is 368 g/mol. The standard InChI is InChI=1S/C22H24N4O3/c1-26-13-17(12-25-26)16-10-18(21(23)24-11-16)22(27)29-20-9-5-8-19(20)28-14-15-6-3-2-4-7-15/h2-4,6-7,10-13,19-20H,5,8-9,14H2,1H3,(H2,23,24). The second-order valence-electron chi connectivity index (χ2n) is 7.27. The quantitative estimate of drug-likeness (QED) is 0.647. The van der Waals surface area contributed by atoms with Gasteiger partial charge in [0.15, 0.2) is 0 Å². The van der Waals surface area contributed by atoms with Crippen LogP contribution in [0, 0.1) is 0 Å². The number of aryl methyl sites for hydroxylation is 1. The molecule has 3 aromatic rings. The summed E-state index contributed by atoms with van der Waals surface area (Å²) in [6, 6.07) is 11.7. The van der Waals surface area contributed by atoms with Crippen LogP contribution >= 0.6 is 0 Å². The van der Waals surface area contributed by atoms with Gasteiger partial charge in [0.2, 0.25) is 0 Å². The number of pyridine rings is 1. The molecule has 0 bridgehead atoms. The highest BCUT2D eigenvalue weighted by Crippen LogP contribution is 2.28. The molecule has 7 nitrogen and oxygen atoms in total. The van der Waals surface area contributed by atoms with Gasteiger partial charge in [-0.3, -0.25) is 4.68 Å². The summed E-state index contributed by atoms with van der Waals surface area (Å²) < 4.78 is 13.5. The molecule has 1 aliphatic rings. The number of ether oxygens (including phenoxy) is 2. The van der Waals surface area contributed by atoms with Crippen LogP contribution < -0.4 is 5.73 Å². The first-order valence-corrected chi connectivity index (χ1v) is 9.71. The molecule has 2 heterocycles. The molecule has 0 saturated heterocycles. The van der Waals surface area contributed by atoms with Crippen LogP contribution in [0.2, 0.25) is 0 Å². The van der Waals surface area contributed by atoms with Crippen LogP contribution in [-0.4, -0.2) is 32.9 Å². The van der Waals surface area contributed by atoms with E-state index in [9.17, 15) is 4.79 Å². The Morgan fingerprint density at radius 2 is 1.97 bits per heavy atom. The molecule has 150 valence electrons. The van der Waals surface area contributed by atoms with E-state index in [0.717, 1.165) is 36.0 Å². The van der Waals surface area contributed by atoms with E-state index in [1.54, 1.807) is 23.1 Å². The number of hydrogen-bond acceptors (Lipinski definition) is 6. The van der Waals surface area contributed by atoms with E-state index < -0.39 is 5.97 Å². The van der Waals surface area contributed by atoms with Gasteiger partial charge < -0.3 is 15.2 Å². The highest BCUT2D eigenvalue weighted by atomic mass is 16.6. The van der Waals surface area contributed by atoms with Crippen molar-refractivity contribution in [3.8, 4) is 11.1 Å². The fourth-order valence-electron chi connectivity index (χ4n) is 3.56. The Kier molecular flexibility index (Phi) is 5.57. The van der Waals surface area contributed by atoms with E-state index in [2.05, 4.69) is 10.1 Å². The summed E-state index contributed by atoms with van der Waals surface area (Å²) in [5.41, 5.74) is 8.94. The zero-order valence-corrected chi connectivity index (χ0v) is 16.3. The zero-order chi connectivity index (χ0) is 20.2. The van der Waals surface area contributed by atoms with Crippen molar-refractivity contribution in [1.29, 1.82) is 0 Å². The molecule has 0 spiro atoms. The van der Waals surface area contributed by atoms with E-state index in [1.165, 1.54) is 0 Å². The van der Waals surface area contributed by atoms with Gasteiger partial charge in [0.1, 0.15) is 17.5 Å². The van der Waals surface area contributed by atoms with Crippen molar-refractivity contribution in [3.63, 3.8) is 0 Å². The van der Waals surface area contributed by atoms with Crippen molar-refractivity contribution in [1.82, 2.24) is 14.8 Å². The van der Waals surface area contributed by atoms with Gasteiger partial charge in [-0.1, -0.05) is 30.3 Å². The number of hydrogen-bond donors (Lipinski definition) is 1. The smallest absolute Gasteiger partial charge is 0.342 e. The molecule has 2 unspecified atom stereocenters. The maximum absolute atomic E-state index is 12.8. The number of aromatic nitrogens is 3. The average Bonchev–Trinajstić information content (AvgIpc) is 3.36. The average molecular weight is 392 g/mol. The number of esters is 1. The first kappa shape index (κ1) is 19.1. The molecule has 2 N–H and O–H groups in total. The second kappa shape index (κ2) is 8.45. The maximum Gasteiger partial charge on any atom is 0.342 e. The number of rotatable bonds is 6. The lowest BCUT2D eigenvalue weighted by atomic mass is 10.1. The Hall–Kier alpha value is -3.19. The largest absolute Gasteiger partial charge is 0.456 e. The fourth-order valence-corrected chi connectivity index (χ4v) is 3.56. The SMILES string of the molecule is Cn1cc(-c2cnc(N)c(C(=O)OC3CCCC3OCc3ccccc3)c2)cn1. The van der Waals surface area contributed by atoms with Crippen molar-refractivity contribution in [2.45, 2.75) is 38.1 Å². The summed E-state index contributed by atoms with van der Waals surface area (Å²) in [6.07, 6.45) is 7.40. The summed E-state index contributed by atoms with van der Waals surface area (Å²) >= 11 is 0. The van der Waals surface area contributed by atoms with Crippen molar-refractivity contribution >= 4 is 11.8 Å². The van der Waals surface area contributed by atoms with Crippen LogP contribution in [0.25, 0.3) is 11.1 Å². The van der Waals surface area contributed by atoms with Crippen LogP contribution in [0.3, 0.4) is 0 Å². The second-order valence-corrected chi connectivity index (χ2v) is 7.27. The fraction of sp³-hybridized carbons (Fsp3) is 0.318. The van der Waals surface area contributed by atoms with Gasteiger partial charge >= 0.3 is 5.97 Å². The van der Waals surface area contributed by atoms with Gasteiger partial charge in [0, 0.05) is 30.6 Å². The van der Waals surface area contributed by atoms with Crippen molar-refractivity contribution < 1.29 is 14.3 Å². The molecule has 4 rings (SSSR count). The van der Waals surface area contributed by atoms with E-state index in [-0.39, 0.29) is 23.6 Å². The van der Waals surface area contributed by atoms with Gasteiger partial charge in [-0.25, -0.2) is 9.78 Å². The van der Waals surface area contributed by atoms with E-state index in [4.69, 9.17) is 15.2 Å². The third-order valence-corrected chi connectivity index (χ3v) is 5.13. The molecule has 1 fully saturated rings. The number of nitrogens with two attached hydrogens (primary N) is 1. The lowest BCUT2D eigenvalue weighted by molar-refractivity contribution is -0.0441. The van der Waals surface area contributed by atoms with Gasteiger partial charge in [-0.05, 0) is 30.9 Å². The first-order valence-electron chi connectivity index (χ1n) is 9.71. The normalized spacial score (nSPS) is 18.7. The molecular formula is C22H24N4O3. The van der Waals surface area contributed by atoms with Crippen LogP contribution in [0.4, 0.5) is 5.82 Å². The number of carbonyl (C=O) groups excluding carboxylic acids is 1. The Morgan fingerprint density at radius 1 is 1.17 bits per heavy atom. The summed E-state index contributed by atoms with van der Waals surface area (Å²) in [6.45, 7) is 0.500.